The lowest BCUT2D eigenvalue weighted by Crippen LogP contribution is -2.13. The molecular formula is C17H22BrNO2. The predicted molar refractivity (Wildman–Crippen MR) is 88.1 cm³/mol. The number of aryl methyl sites for hydroxylation is 1. The summed E-state index contributed by atoms with van der Waals surface area (Å²) in [6.45, 7) is 7.11. The quantitative estimate of drug-likeness (QED) is 0.707. The van der Waals surface area contributed by atoms with E-state index >= 15 is 0 Å². The predicted octanol–water partition coefficient (Wildman–Crippen LogP) is 4.57. The molecular weight excluding hydrogens is 330 g/mol. The second-order valence-corrected chi connectivity index (χ2v) is 6.01. The summed E-state index contributed by atoms with van der Waals surface area (Å²) < 4.78 is 12.6. The van der Waals surface area contributed by atoms with E-state index in [0.717, 1.165) is 46.6 Å². The van der Waals surface area contributed by atoms with Gasteiger partial charge in [-0.05, 0) is 43.7 Å². The van der Waals surface area contributed by atoms with Gasteiger partial charge in [-0.15, -0.1) is 0 Å². The molecule has 2 aromatic rings. The molecule has 0 aliphatic rings. The van der Waals surface area contributed by atoms with Gasteiger partial charge in [0.05, 0.1) is 19.8 Å². The van der Waals surface area contributed by atoms with E-state index in [4.69, 9.17) is 9.15 Å². The normalized spacial score (nSPS) is 11.0. The highest BCUT2D eigenvalue weighted by Gasteiger charge is 2.07. The van der Waals surface area contributed by atoms with E-state index in [1.165, 1.54) is 0 Å². The highest BCUT2D eigenvalue weighted by atomic mass is 79.9. The van der Waals surface area contributed by atoms with Crippen molar-refractivity contribution >= 4 is 15.9 Å². The third kappa shape index (κ3) is 5.30. The molecule has 0 radical (unpaired) electrons. The van der Waals surface area contributed by atoms with Crippen LogP contribution in [-0.4, -0.2) is 6.54 Å². The topological polar surface area (TPSA) is 34.4 Å². The number of nitrogens with one attached hydrogen (secondary N) is 1. The third-order valence-electron chi connectivity index (χ3n) is 3.21. The van der Waals surface area contributed by atoms with Crippen molar-refractivity contribution in [3.8, 4) is 0 Å². The SMILES string of the molecule is CCCNCc1cc(COCc2cccc(Br)c2)c(C)o1. The van der Waals surface area contributed by atoms with E-state index in [0.29, 0.717) is 13.2 Å². The zero-order valence-corrected chi connectivity index (χ0v) is 14.2. The smallest absolute Gasteiger partial charge is 0.118 e. The Labute approximate surface area is 134 Å². The summed E-state index contributed by atoms with van der Waals surface area (Å²) in [4.78, 5) is 0. The lowest BCUT2D eigenvalue weighted by Gasteiger charge is -2.04. The van der Waals surface area contributed by atoms with Crippen LogP contribution in [0.25, 0.3) is 0 Å². The average molecular weight is 352 g/mol. The van der Waals surface area contributed by atoms with Crippen LogP contribution < -0.4 is 5.32 Å². The summed E-state index contributed by atoms with van der Waals surface area (Å²) in [6, 6.07) is 10.2. The molecule has 1 aromatic carbocycles. The molecule has 1 N–H and O–H groups in total. The van der Waals surface area contributed by atoms with Crippen molar-refractivity contribution in [3.63, 3.8) is 0 Å². The van der Waals surface area contributed by atoms with Crippen molar-refractivity contribution in [2.75, 3.05) is 6.54 Å². The average Bonchev–Trinajstić information content (AvgIpc) is 2.80. The number of halogens is 1. The molecule has 1 heterocycles. The number of furan rings is 1. The van der Waals surface area contributed by atoms with Crippen LogP contribution in [0.1, 0.15) is 36.0 Å². The molecule has 0 unspecified atom stereocenters. The van der Waals surface area contributed by atoms with Crippen molar-refractivity contribution in [2.45, 2.75) is 40.0 Å². The van der Waals surface area contributed by atoms with Gasteiger partial charge < -0.3 is 14.5 Å². The van der Waals surface area contributed by atoms with Gasteiger partial charge in [0.15, 0.2) is 0 Å². The maximum absolute atomic E-state index is 5.78. The van der Waals surface area contributed by atoms with E-state index < -0.39 is 0 Å². The first-order valence-corrected chi connectivity index (χ1v) is 8.09. The van der Waals surface area contributed by atoms with Gasteiger partial charge in [-0.1, -0.05) is 35.0 Å². The minimum absolute atomic E-state index is 0.579. The van der Waals surface area contributed by atoms with E-state index in [9.17, 15) is 0 Å². The number of hydrogen-bond donors (Lipinski definition) is 1. The standard InChI is InChI=1S/C17H22BrNO2/c1-3-7-19-10-17-9-15(13(2)21-17)12-20-11-14-5-4-6-16(18)8-14/h4-6,8-9,19H,3,7,10-12H2,1-2H3. The molecule has 0 spiro atoms. The lowest BCUT2D eigenvalue weighted by atomic mass is 10.2. The third-order valence-corrected chi connectivity index (χ3v) is 3.71. The van der Waals surface area contributed by atoms with Crippen molar-refractivity contribution in [2.24, 2.45) is 0 Å². The molecule has 21 heavy (non-hydrogen) atoms. The summed E-state index contributed by atoms with van der Waals surface area (Å²) in [6.07, 6.45) is 1.13. The zero-order chi connectivity index (χ0) is 15.1. The van der Waals surface area contributed by atoms with Crippen LogP contribution in [-0.2, 0) is 24.5 Å². The van der Waals surface area contributed by atoms with Crippen molar-refractivity contribution in [1.82, 2.24) is 5.32 Å². The summed E-state index contributed by atoms with van der Waals surface area (Å²) >= 11 is 3.47. The summed E-state index contributed by atoms with van der Waals surface area (Å²) in [5.41, 5.74) is 2.29. The summed E-state index contributed by atoms with van der Waals surface area (Å²) in [7, 11) is 0. The minimum atomic E-state index is 0.579. The van der Waals surface area contributed by atoms with Gasteiger partial charge in [0.25, 0.3) is 0 Å². The van der Waals surface area contributed by atoms with Gasteiger partial charge in [0, 0.05) is 10.0 Å². The van der Waals surface area contributed by atoms with Gasteiger partial charge in [-0.2, -0.15) is 0 Å². The number of benzene rings is 1. The van der Waals surface area contributed by atoms with Crippen LogP contribution in [0.4, 0.5) is 0 Å². The Morgan fingerprint density at radius 1 is 1.24 bits per heavy atom. The lowest BCUT2D eigenvalue weighted by molar-refractivity contribution is 0.106. The van der Waals surface area contributed by atoms with E-state index in [2.05, 4.69) is 46.4 Å². The monoisotopic (exact) mass is 351 g/mol. The molecule has 0 aliphatic carbocycles. The minimum Gasteiger partial charge on any atom is -0.465 e. The van der Waals surface area contributed by atoms with Crippen LogP contribution in [0.5, 0.6) is 0 Å². The van der Waals surface area contributed by atoms with Crippen LogP contribution >= 0.6 is 15.9 Å². The van der Waals surface area contributed by atoms with Crippen molar-refractivity contribution in [1.29, 1.82) is 0 Å². The molecule has 0 saturated carbocycles. The van der Waals surface area contributed by atoms with Gasteiger partial charge in [-0.25, -0.2) is 0 Å². The molecule has 2 rings (SSSR count). The fourth-order valence-corrected chi connectivity index (χ4v) is 2.56. The van der Waals surface area contributed by atoms with E-state index in [-0.39, 0.29) is 0 Å². The molecule has 0 saturated heterocycles. The number of ether oxygens (including phenoxy) is 1. The van der Waals surface area contributed by atoms with E-state index in [1.54, 1.807) is 0 Å². The first-order chi connectivity index (χ1) is 10.2. The molecule has 3 nitrogen and oxygen atoms in total. The maximum Gasteiger partial charge on any atom is 0.118 e. The molecule has 1 aromatic heterocycles. The molecule has 0 amide bonds. The van der Waals surface area contributed by atoms with Crippen LogP contribution in [0.15, 0.2) is 39.2 Å². The van der Waals surface area contributed by atoms with Gasteiger partial charge in [-0.3, -0.25) is 0 Å². The van der Waals surface area contributed by atoms with Crippen LogP contribution in [0.2, 0.25) is 0 Å². The zero-order valence-electron chi connectivity index (χ0n) is 12.6. The van der Waals surface area contributed by atoms with E-state index in [1.807, 2.05) is 19.1 Å². The molecule has 0 bridgehead atoms. The fraction of sp³-hybridized carbons (Fsp3) is 0.412. The Balaban J connectivity index is 1.82. The molecule has 0 aliphatic heterocycles. The van der Waals surface area contributed by atoms with Gasteiger partial charge in [0.2, 0.25) is 0 Å². The Morgan fingerprint density at radius 2 is 2.10 bits per heavy atom. The maximum atomic E-state index is 5.78. The summed E-state index contributed by atoms with van der Waals surface area (Å²) in [5, 5.41) is 3.34. The first-order valence-electron chi connectivity index (χ1n) is 7.30. The molecule has 4 heteroatoms. The molecule has 114 valence electrons. The van der Waals surface area contributed by atoms with Gasteiger partial charge >= 0.3 is 0 Å². The van der Waals surface area contributed by atoms with Crippen molar-refractivity contribution in [3.05, 3.63) is 57.5 Å². The Morgan fingerprint density at radius 3 is 2.86 bits per heavy atom. The largest absolute Gasteiger partial charge is 0.465 e. The van der Waals surface area contributed by atoms with Crippen molar-refractivity contribution < 1.29 is 9.15 Å². The molecule has 0 fully saturated rings. The van der Waals surface area contributed by atoms with Crippen LogP contribution in [0, 0.1) is 6.92 Å². The number of hydrogen-bond acceptors (Lipinski definition) is 3. The van der Waals surface area contributed by atoms with Gasteiger partial charge in [0.1, 0.15) is 11.5 Å². The Bertz CT molecular complexity index is 566. The molecule has 0 atom stereocenters. The fourth-order valence-electron chi connectivity index (χ4n) is 2.11. The Hall–Kier alpha value is -1.10. The van der Waals surface area contributed by atoms with Crippen LogP contribution in [0.3, 0.4) is 0 Å². The first kappa shape index (κ1) is 16.3. The second-order valence-electron chi connectivity index (χ2n) is 5.09. The second kappa shape index (κ2) is 8.37. The summed E-state index contributed by atoms with van der Waals surface area (Å²) in [5.74, 6) is 1.92. The highest BCUT2D eigenvalue weighted by molar-refractivity contribution is 9.10. The number of rotatable bonds is 8. The Kier molecular flexibility index (Phi) is 6.49. The highest BCUT2D eigenvalue weighted by Crippen LogP contribution is 2.17.